The van der Waals surface area contributed by atoms with E-state index >= 15 is 0 Å². The van der Waals surface area contributed by atoms with Crippen molar-refractivity contribution in [2.24, 2.45) is 17.4 Å². The maximum absolute atomic E-state index is 12.8. The first kappa shape index (κ1) is 18.3. The molecule has 0 aliphatic carbocycles. The Balaban J connectivity index is 0.00000242. The lowest BCUT2D eigenvalue weighted by Crippen LogP contribution is -2.37. The zero-order chi connectivity index (χ0) is 15.6. The Kier molecular flexibility index (Phi) is 6.26. The predicted molar refractivity (Wildman–Crippen MR) is 94.5 cm³/mol. The van der Waals surface area contributed by atoms with Crippen molar-refractivity contribution in [3.63, 3.8) is 0 Å². The lowest BCUT2D eigenvalue weighted by atomic mass is 9.87. The summed E-state index contributed by atoms with van der Waals surface area (Å²) in [6.45, 7) is 3.91. The molecule has 118 valence electrons. The fourth-order valence-electron chi connectivity index (χ4n) is 2.42. The van der Waals surface area contributed by atoms with Gasteiger partial charge >= 0.3 is 0 Å². The highest BCUT2D eigenvalue weighted by Crippen LogP contribution is 2.25. The van der Waals surface area contributed by atoms with Crippen molar-refractivity contribution >= 4 is 39.4 Å². The molecular formula is C17H21BrN2O2. The molecule has 22 heavy (non-hydrogen) atoms. The molecule has 2 atom stereocenters. The molecular weight excluding hydrogens is 344 g/mol. The van der Waals surface area contributed by atoms with E-state index in [0.29, 0.717) is 5.56 Å². The zero-order valence-electron chi connectivity index (χ0n) is 12.7. The van der Waals surface area contributed by atoms with Crippen molar-refractivity contribution in [2.45, 2.75) is 26.3 Å². The van der Waals surface area contributed by atoms with Crippen molar-refractivity contribution in [3.05, 3.63) is 47.5 Å². The first-order chi connectivity index (χ1) is 9.97. The molecule has 0 bridgehead atoms. The second-order valence-corrected chi connectivity index (χ2v) is 5.35. The van der Waals surface area contributed by atoms with Crippen LogP contribution >= 0.6 is 17.0 Å². The van der Waals surface area contributed by atoms with E-state index < -0.39 is 11.9 Å². The van der Waals surface area contributed by atoms with Gasteiger partial charge < -0.3 is 11.5 Å². The van der Waals surface area contributed by atoms with Crippen molar-refractivity contribution in [1.29, 1.82) is 0 Å². The minimum Gasteiger partial charge on any atom is -0.366 e. The summed E-state index contributed by atoms with van der Waals surface area (Å²) in [6.07, 6.45) is 0.795. The van der Waals surface area contributed by atoms with E-state index in [1.807, 2.05) is 38.1 Å². The highest BCUT2D eigenvalue weighted by atomic mass is 79.9. The largest absolute Gasteiger partial charge is 0.366 e. The minimum absolute atomic E-state index is 0. The van der Waals surface area contributed by atoms with Gasteiger partial charge in [-0.05, 0) is 22.8 Å². The highest BCUT2D eigenvalue weighted by molar-refractivity contribution is 8.93. The van der Waals surface area contributed by atoms with E-state index in [4.69, 9.17) is 11.5 Å². The second kappa shape index (κ2) is 7.51. The molecule has 2 rings (SSSR count). The number of ketones is 1. The standard InChI is InChI=1S/C17H20N2O2.BrH/c1-3-10(2)15(18)16(20)14-12-7-5-4-6-11(12)8-9-13(14)17(19)21;/h4-10,15H,3,18H2,1-2H3,(H2,19,21);1H/t10-,15-;/m0./s1. The Bertz CT molecular complexity index is 700. The normalized spacial score (nSPS) is 13.2. The van der Waals surface area contributed by atoms with Gasteiger partial charge in [0, 0.05) is 5.56 Å². The van der Waals surface area contributed by atoms with Crippen molar-refractivity contribution in [3.8, 4) is 0 Å². The lowest BCUT2D eigenvalue weighted by molar-refractivity contribution is 0.0922. The van der Waals surface area contributed by atoms with Gasteiger partial charge in [0.25, 0.3) is 0 Å². The molecule has 0 aliphatic heterocycles. The SMILES string of the molecule is Br.CC[C@H](C)[C@H](N)C(=O)c1c(C(N)=O)ccc2ccccc12. The quantitative estimate of drug-likeness (QED) is 0.799. The Morgan fingerprint density at radius 3 is 2.36 bits per heavy atom. The van der Waals surface area contributed by atoms with Crippen LogP contribution in [0.25, 0.3) is 10.8 Å². The molecule has 0 aliphatic rings. The minimum atomic E-state index is -0.640. The van der Waals surface area contributed by atoms with E-state index in [1.54, 1.807) is 12.1 Å². The summed E-state index contributed by atoms with van der Waals surface area (Å²) in [4.78, 5) is 24.4. The summed E-state index contributed by atoms with van der Waals surface area (Å²) in [7, 11) is 0. The number of carbonyl (C=O) groups excluding carboxylic acids is 2. The van der Waals surface area contributed by atoms with Crippen molar-refractivity contribution < 1.29 is 9.59 Å². The first-order valence-corrected chi connectivity index (χ1v) is 7.08. The zero-order valence-corrected chi connectivity index (χ0v) is 14.4. The fraction of sp³-hybridized carbons (Fsp3) is 0.294. The van der Waals surface area contributed by atoms with Crippen LogP contribution in [0.15, 0.2) is 36.4 Å². The van der Waals surface area contributed by atoms with E-state index in [-0.39, 0.29) is 34.2 Å². The second-order valence-electron chi connectivity index (χ2n) is 5.35. The number of hydrogen-bond acceptors (Lipinski definition) is 3. The third kappa shape index (κ3) is 3.36. The highest BCUT2D eigenvalue weighted by Gasteiger charge is 2.26. The fourth-order valence-corrected chi connectivity index (χ4v) is 2.42. The first-order valence-electron chi connectivity index (χ1n) is 7.08. The summed E-state index contributed by atoms with van der Waals surface area (Å²) in [6, 6.07) is 10.2. The molecule has 4 nitrogen and oxygen atoms in total. The van der Waals surface area contributed by atoms with E-state index in [2.05, 4.69) is 0 Å². The maximum atomic E-state index is 12.8. The number of nitrogens with two attached hydrogens (primary N) is 2. The number of fused-ring (bicyclic) bond motifs is 1. The number of primary amides is 1. The van der Waals surface area contributed by atoms with Crippen LogP contribution in [0.5, 0.6) is 0 Å². The summed E-state index contributed by atoms with van der Waals surface area (Å²) >= 11 is 0. The van der Waals surface area contributed by atoms with Gasteiger partial charge in [-0.2, -0.15) is 0 Å². The van der Waals surface area contributed by atoms with Gasteiger partial charge in [-0.15, -0.1) is 17.0 Å². The topological polar surface area (TPSA) is 86.2 Å². The summed E-state index contributed by atoms with van der Waals surface area (Å²) in [5.74, 6) is -0.799. The molecule has 0 radical (unpaired) electrons. The monoisotopic (exact) mass is 364 g/mol. The molecule has 2 aromatic carbocycles. The van der Waals surface area contributed by atoms with E-state index in [1.165, 1.54) is 0 Å². The molecule has 0 spiro atoms. The van der Waals surface area contributed by atoms with Crippen LogP contribution < -0.4 is 11.5 Å². The predicted octanol–water partition coefficient (Wildman–Crippen LogP) is 3.07. The molecule has 0 saturated carbocycles. The molecule has 4 N–H and O–H groups in total. The summed E-state index contributed by atoms with van der Waals surface area (Å²) in [5.41, 5.74) is 12.1. The average molecular weight is 365 g/mol. The molecule has 0 unspecified atom stereocenters. The van der Waals surface area contributed by atoms with Crippen LogP contribution in [-0.2, 0) is 0 Å². The van der Waals surface area contributed by atoms with Crippen LogP contribution in [-0.4, -0.2) is 17.7 Å². The number of Topliss-reactive ketones (excluding diaryl/α,β-unsaturated/α-hetero) is 1. The Hall–Kier alpha value is -1.72. The Morgan fingerprint density at radius 2 is 1.77 bits per heavy atom. The van der Waals surface area contributed by atoms with Crippen LogP contribution in [0.3, 0.4) is 0 Å². The third-order valence-electron chi connectivity index (χ3n) is 4.00. The van der Waals surface area contributed by atoms with Crippen LogP contribution in [0.1, 0.15) is 41.0 Å². The summed E-state index contributed by atoms with van der Waals surface area (Å²) < 4.78 is 0. The molecule has 0 aromatic heterocycles. The molecule has 0 heterocycles. The van der Waals surface area contributed by atoms with E-state index in [9.17, 15) is 9.59 Å². The van der Waals surface area contributed by atoms with Crippen LogP contribution in [0.4, 0.5) is 0 Å². The maximum Gasteiger partial charge on any atom is 0.249 e. The summed E-state index contributed by atoms with van der Waals surface area (Å²) in [5, 5.41) is 1.61. The van der Waals surface area contributed by atoms with Gasteiger partial charge in [-0.3, -0.25) is 9.59 Å². The molecule has 2 aromatic rings. The number of rotatable bonds is 5. The van der Waals surface area contributed by atoms with Gasteiger partial charge in [-0.25, -0.2) is 0 Å². The number of benzene rings is 2. The molecule has 1 amide bonds. The smallest absolute Gasteiger partial charge is 0.249 e. The number of hydrogen-bond donors (Lipinski definition) is 2. The third-order valence-corrected chi connectivity index (χ3v) is 4.00. The van der Waals surface area contributed by atoms with Crippen molar-refractivity contribution in [1.82, 2.24) is 0 Å². The van der Waals surface area contributed by atoms with E-state index in [0.717, 1.165) is 17.2 Å². The van der Waals surface area contributed by atoms with Crippen LogP contribution in [0.2, 0.25) is 0 Å². The van der Waals surface area contributed by atoms with Gasteiger partial charge in [0.2, 0.25) is 5.91 Å². The van der Waals surface area contributed by atoms with Crippen molar-refractivity contribution in [2.75, 3.05) is 0 Å². The molecule has 0 saturated heterocycles. The van der Waals surface area contributed by atoms with Crippen LogP contribution in [0, 0.1) is 5.92 Å². The molecule has 0 fully saturated rings. The van der Waals surface area contributed by atoms with Gasteiger partial charge in [0.05, 0.1) is 11.6 Å². The number of amides is 1. The number of carbonyl (C=O) groups is 2. The molecule has 5 heteroatoms. The Labute approximate surface area is 140 Å². The van der Waals surface area contributed by atoms with Gasteiger partial charge in [-0.1, -0.05) is 50.6 Å². The lowest BCUT2D eigenvalue weighted by Gasteiger charge is -2.19. The average Bonchev–Trinajstić information content (AvgIpc) is 2.51. The van der Waals surface area contributed by atoms with Gasteiger partial charge in [0.15, 0.2) is 5.78 Å². The van der Waals surface area contributed by atoms with Gasteiger partial charge in [0.1, 0.15) is 0 Å². The number of halogens is 1. The Morgan fingerprint density at radius 1 is 1.14 bits per heavy atom.